The number of nitrogens with one attached hydrogen (secondary N) is 1. The number of ether oxygens (including phenoxy) is 2. The molecule has 1 N–H and O–H groups in total. The number of rotatable bonds is 5. The van der Waals surface area contributed by atoms with Crippen LogP contribution in [0.3, 0.4) is 0 Å². The largest absolute Gasteiger partial charge is 0.497 e. The van der Waals surface area contributed by atoms with Crippen molar-refractivity contribution in [2.75, 3.05) is 7.11 Å². The Balaban J connectivity index is 1.61. The summed E-state index contributed by atoms with van der Waals surface area (Å²) in [4.78, 5) is 21.2. The first-order chi connectivity index (χ1) is 13.1. The van der Waals surface area contributed by atoms with E-state index in [0.29, 0.717) is 28.8 Å². The molecule has 7 nitrogen and oxygen atoms in total. The van der Waals surface area contributed by atoms with Gasteiger partial charge in [-0.3, -0.25) is 9.89 Å². The third-order valence-electron chi connectivity index (χ3n) is 4.08. The first-order valence-corrected chi connectivity index (χ1v) is 8.45. The molecule has 0 atom stereocenters. The number of fused-ring (bicyclic) bond motifs is 1. The summed E-state index contributed by atoms with van der Waals surface area (Å²) in [6.07, 6.45) is 0. The summed E-state index contributed by atoms with van der Waals surface area (Å²) in [5.74, 6) is 2.26. The maximum Gasteiger partial charge on any atom is 0.274 e. The number of hydrogen-bond acceptors (Lipinski definition) is 5. The standard InChI is InChI=1S/C20H18N4O3/c1-13-8-16(26-2)11-17(9-13)27-12-15-10-18(25)24-20(21-15)22-19(23-24)14-6-4-3-5-7-14/h3-11H,12H2,1-2H3,(H,21,22,23). The Hall–Kier alpha value is -3.61. The Morgan fingerprint density at radius 2 is 1.81 bits per heavy atom. The van der Waals surface area contributed by atoms with E-state index >= 15 is 0 Å². The molecule has 27 heavy (non-hydrogen) atoms. The second kappa shape index (κ2) is 6.95. The topological polar surface area (TPSA) is 81.5 Å². The molecule has 2 heterocycles. The molecule has 136 valence electrons. The van der Waals surface area contributed by atoms with Crippen molar-refractivity contribution in [1.82, 2.24) is 19.6 Å². The van der Waals surface area contributed by atoms with Gasteiger partial charge in [-0.1, -0.05) is 30.3 Å². The van der Waals surface area contributed by atoms with Crippen LogP contribution in [0.25, 0.3) is 17.2 Å². The van der Waals surface area contributed by atoms with E-state index in [1.54, 1.807) is 13.2 Å². The van der Waals surface area contributed by atoms with Gasteiger partial charge < -0.3 is 9.47 Å². The summed E-state index contributed by atoms with van der Waals surface area (Å²) < 4.78 is 12.3. The first-order valence-electron chi connectivity index (χ1n) is 8.45. The number of aryl methyl sites for hydroxylation is 1. The molecule has 0 unspecified atom stereocenters. The second-order valence-corrected chi connectivity index (χ2v) is 6.13. The van der Waals surface area contributed by atoms with E-state index in [1.807, 2.05) is 49.4 Å². The van der Waals surface area contributed by atoms with Gasteiger partial charge in [0.25, 0.3) is 11.3 Å². The van der Waals surface area contributed by atoms with Crippen LogP contribution in [0.15, 0.2) is 59.4 Å². The minimum absolute atomic E-state index is 0.159. The zero-order chi connectivity index (χ0) is 18.8. The molecule has 0 fully saturated rings. The average Bonchev–Trinajstić information content (AvgIpc) is 3.11. The van der Waals surface area contributed by atoms with Crippen LogP contribution in [0, 0.1) is 6.92 Å². The maximum atomic E-state index is 12.4. The van der Waals surface area contributed by atoms with E-state index in [1.165, 1.54) is 10.6 Å². The van der Waals surface area contributed by atoms with E-state index in [2.05, 4.69) is 15.1 Å². The molecule has 0 radical (unpaired) electrons. The Labute approximate surface area is 155 Å². The summed E-state index contributed by atoms with van der Waals surface area (Å²) in [5.41, 5.74) is 2.17. The quantitative estimate of drug-likeness (QED) is 0.590. The van der Waals surface area contributed by atoms with Gasteiger partial charge in [0, 0.05) is 17.7 Å². The minimum Gasteiger partial charge on any atom is -0.497 e. The van der Waals surface area contributed by atoms with Crippen LogP contribution >= 0.6 is 0 Å². The Kier molecular flexibility index (Phi) is 4.33. The van der Waals surface area contributed by atoms with Crippen molar-refractivity contribution in [1.29, 1.82) is 0 Å². The molecular formula is C20H18N4O3. The van der Waals surface area contributed by atoms with Gasteiger partial charge in [-0.05, 0) is 24.6 Å². The molecule has 4 aromatic rings. The zero-order valence-corrected chi connectivity index (χ0v) is 15.0. The lowest BCUT2D eigenvalue weighted by Crippen LogP contribution is -2.16. The number of aromatic amines is 1. The fourth-order valence-electron chi connectivity index (χ4n) is 2.80. The third kappa shape index (κ3) is 3.52. The highest BCUT2D eigenvalue weighted by Gasteiger charge is 2.10. The fourth-order valence-corrected chi connectivity index (χ4v) is 2.80. The molecule has 0 amide bonds. The van der Waals surface area contributed by atoms with Crippen LogP contribution in [0.5, 0.6) is 11.5 Å². The molecule has 0 aliphatic rings. The molecule has 0 aliphatic carbocycles. The smallest absolute Gasteiger partial charge is 0.274 e. The van der Waals surface area contributed by atoms with Crippen LogP contribution < -0.4 is 15.0 Å². The van der Waals surface area contributed by atoms with Gasteiger partial charge in [0.1, 0.15) is 18.1 Å². The van der Waals surface area contributed by atoms with Gasteiger partial charge >= 0.3 is 0 Å². The summed E-state index contributed by atoms with van der Waals surface area (Å²) in [5, 5.41) is 2.98. The van der Waals surface area contributed by atoms with Crippen molar-refractivity contribution in [3.05, 3.63) is 76.2 Å². The lowest BCUT2D eigenvalue weighted by Gasteiger charge is -2.08. The van der Waals surface area contributed by atoms with Crippen LogP contribution in [-0.2, 0) is 6.61 Å². The van der Waals surface area contributed by atoms with Crippen LogP contribution in [0.4, 0.5) is 0 Å². The Bertz CT molecular complexity index is 1150. The van der Waals surface area contributed by atoms with E-state index in [4.69, 9.17) is 9.47 Å². The van der Waals surface area contributed by atoms with Gasteiger partial charge in [0.05, 0.1) is 12.8 Å². The van der Waals surface area contributed by atoms with Crippen molar-refractivity contribution in [3.63, 3.8) is 0 Å². The molecule has 0 spiro atoms. The molecule has 2 aromatic carbocycles. The maximum absolute atomic E-state index is 12.4. The normalized spacial score (nSPS) is 10.9. The van der Waals surface area contributed by atoms with Crippen LogP contribution in [-0.4, -0.2) is 26.7 Å². The summed E-state index contributed by atoms with van der Waals surface area (Å²) in [6.45, 7) is 2.12. The van der Waals surface area contributed by atoms with E-state index < -0.39 is 0 Å². The van der Waals surface area contributed by atoms with Crippen molar-refractivity contribution in [2.45, 2.75) is 13.5 Å². The molecule has 0 saturated heterocycles. The monoisotopic (exact) mass is 362 g/mol. The van der Waals surface area contributed by atoms with Crippen LogP contribution in [0.1, 0.15) is 11.3 Å². The first kappa shape index (κ1) is 16.8. The Morgan fingerprint density at radius 1 is 1.04 bits per heavy atom. The predicted molar refractivity (Wildman–Crippen MR) is 101 cm³/mol. The van der Waals surface area contributed by atoms with Gasteiger partial charge in [0.2, 0.25) is 0 Å². The van der Waals surface area contributed by atoms with Crippen molar-refractivity contribution >= 4 is 5.78 Å². The van der Waals surface area contributed by atoms with Gasteiger partial charge in [-0.2, -0.15) is 9.50 Å². The van der Waals surface area contributed by atoms with E-state index in [9.17, 15) is 4.79 Å². The lowest BCUT2D eigenvalue weighted by molar-refractivity contribution is 0.298. The number of nitrogens with zero attached hydrogens (tertiary/aromatic N) is 3. The second-order valence-electron chi connectivity index (χ2n) is 6.13. The third-order valence-corrected chi connectivity index (χ3v) is 4.08. The van der Waals surface area contributed by atoms with E-state index in [-0.39, 0.29) is 12.2 Å². The molecule has 0 aliphatic heterocycles. The van der Waals surface area contributed by atoms with Crippen molar-refractivity contribution < 1.29 is 9.47 Å². The summed E-state index contributed by atoms with van der Waals surface area (Å²) in [7, 11) is 1.61. The van der Waals surface area contributed by atoms with Crippen LogP contribution in [0.2, 0.25) is 0 Å². The highest BCUT2D eigenvalue weighted by Crippen LogP contribution is 2.23. The molecule has 0 saturated carbocycles. The number of H-pyrrole nitrogens is 1. The fraction of sp³-hybridized carbons (Fsp3) is 0.150. The minimum atomic E-state index is -0.241. The average molecular weight is 362 g/mol. The highest BCUT2D eigenvalue weighted by molar-refractivity contribution is 5.56. The molecule has 7 heteroatoms. The summed E-state index contributed by atoms with van der Waals surface area (Å²) >= 11 is 0. The number of hydrogen-bond donors (Lipinski definition) is 1. The zero-order valence-electron chi connectivity index (χ0n) is 15.0. The molecular weight excluding hydrogens is 344 g/mol. The molecule has 2 aromatic heterocycles. The van der Waals surface area contributed by atoms with Gasteiger partial charge in [-0.25, -0.2) is 4.98 Å². The number of aromatic nitrogens is 4. The highest BCUT2D eigenvalue weighted by atomic mass is 16.5. The Morgan fingerprint density at radius 3 is 2.59 bits per heavy atom. The van der Waals surface area contributed by atoms with Gasteiger partial charge in [-0.15, -0.1) is 0 Å². The SMILES string of the molecule is COc1cc(C)cc(OCc2cc(=O)n3[nH]c(-c4ccccc4)nc3n2)c1. The predicted octanol–water partition coefficient (Wildman–Crippen LogP) is 2.98. The van der Waals surface area contributed by atoms with Gasteiger partial charge in [0.15, 0.2) is 5.82 Å². The lowest BCUT2D eigenvalue weighted by atomic mass is 10.2. The summed E-state index contributed by atoms with van der Waals surface area (Å²) in [6, 6.07) is 16.6. The number of benzene rings is 2. The number of methoxy groups -OCH3 is 1. The van der Waals surface area contributed by atoms with Crippen molar-refractivity contribution in [2.24, 2.45) is 0 Å². The van der Waals surface area contributed by atoms with E-state index in [0.717, 1.165) is 11.1 Å². The van der Waals surface area contributed by atoms with Crippen molar-refractivity contribution in [3.8, 4) is 22.9 Å². The molecule has 4 rings (SSSR count). The molecule has 0 bridgehead atoms.